The van der Waals surface area contributed by atoms with E-state index >= 15 is 0 Å². The highest BCUT2D eigenvalue weighted by molar-refractivity contribution is 14.1. The van der Waals surface area contributed by atoms with Gasteiger partial charge in [-0.3, -0.25) is 0 Å². The summed E-state index contributed by atoms with van der Waals surface area (Å²) in [6, 6.07) is 3.37. The van der Waals surface area contributed by atoms with E-state index < -0.39 is 11.9 Å². The fraction of sp³-hybridized carbons (Fsp3) is 0.429. The summed E-state index contributed by atoms with van der Waals surface area (Å²) in [4.78, 5) is 23.1. The number of unbranched alkanes of at least 4 members (excludes halogenated alkanes) is 1. The molecule has 5 heteroatoms. The van der Waals surface area contributed by atoms with Gasteiger partial charge in [0, 0.05) is 3.57 Å². The van der Waals surface area contributed by atoms with Crippen molar-refractivity contribution in [3.05, 3.63) is 32.4 Å². The quantitative estimate of drug-likeness (QED) is 0.610. The first kappa shape index (κ1) is 15.9. The van der Waals surface area contributed by atoms with Crippen LogP contribution in [0.2, 0.25) is 0 Å². The number of aromatic carboxylic acids is 1. The Morgan fingerprint density at radius 1 is 1.32 bits per heavy atom. The minimum Gasteiger partial charge on any atom is -0.478 e. The van der Waals surface area contributed by atoms with E-state index in [4.69, 9.17) is 4.74 Å². The van der Waals surface area contributed by atoms with Crippen molar-refractivity contribution in [2.45, 2.75) is 33.1 Å². The van der Waals surface area contributed by atoms with Crippen molar-refractivity contribution in [1.29, 1.82) is 0 Å². The standard InChI is InChI=1S/C14H17IO4/c1-3-5-6-9-7-8-10(14(18)19-4-2)11(12(9)15)13(16)17/h7-8H,3-6H2,1-2H3,(H,16,17). The normalized spacial score (nSPS) is 10.3. The Bertz CT molecular complexity index is 483. The molecule has 0 saturated heterocycles. The molecule has 19 heavy (non-hydrogen) atoms. The molecule has 1 aromatic rings. The first-order valence-electron chi connectivity index (χ1n) is 6.24. The molecule has 0 spiro atoms. The van der Waals surface area contributed by atoms with Gasteiger partial charge in [0.2, 0.25) is 0 Å². The number of hydrogen-bond donors (Lipinski definition) is 1. The molecule has 0 bridgehead atoms. The predicted octanol–water partition coefficient (Wildman–Crippen LogP) is 3.51. The second-order valence-corrected chi connectivity index (χ2v) is 5.17. The highest BCUT2D eigenvalue weighted by atomic mass is 127. The van der Waals surface area contributed by atoms with Gasteiger partial charge in [-0.25, -0.2) is 9.59 Å². The number of aryl methyl sites for hydroxylation is 1. The van der Waals surface area contributed by atoms with E-state index in [-0.39, 0.29) is 17.7 Å². The zero-order chi connectivity index (χ0) is 14.4. The second-order valence-electron chi connectivity index (χ2n) is 4.09. The molecule has 0 amide bonds. The van der Waals surface area contributed by atoms with E-state index in [9.17, 15) is 14.7 Å². The van der Waals surface area contributed by atoms with Crippen molar-refractivity contribution in [2.75, 3.05) is 6.61 Å². The first-order valence-corrected chi connectivity index (χ1v) is 7.32. The summed E-state index contributed by atoms with van der Waals surface area (Å²) < 4.78 is 5.52. The molecule has 104 valence electrons. The molecule has 4 nitrogen and oxygen atoms in total. The summed E-state index contributed by atoms with van der Waals surface area (Å²) in [6.07, 6.45) is 2.85. The first-order chi connectivity index (χ1) is 9.02. The van der Waals surface area contributed by atoms with E-state index in [0.29, 0.717) is 3.57 Å². The van der Waals surface area contributed by atoms with Gasteiger partial charge in [0.25, 0.3) is 0 Å². The summed E-state index contributed by atoms with van der Waals surface area (Å²) in [5.74, 6) is -1.68. The van der Waals surface area contributed by atoms with Crippen molar-refractivity contribution >= 4 is 34.5 Å². The van der Waals surface area contributed by atoms with Crippen LogP contribution in [0.4, 0.5) is 0 Å². The number of carboxylic acids is 1. The van der Waals surface area contributed by atoms with Crippen LogP contribution >= 0.6 is 22.6 Å². The van der Waals surface area contributed by atoms with Crippen LogP contribution in [-0.4, -0.2) is 23.7 Å². The number of carboxylic acid groups (broad SMARTS) is 1. The van der Waals surface area contributed by atoms with Crippen molar-refractivity contribution in [2.24, 2.45) is 0 Å². The summed E-state index contributed by atoms with van der Waals surface area (Å²) in [5.41, 5.74) is 1.14. The Labute approximate surface area is 126 Å². The smallest absolute Gasteiger partial charge is 0.339 e. The molecule has 0 fully saturated rings. The highest BCUT2D eigenvalue weighted by Crippen LogP contribution is 2.24. The Morgan fingerprint density at radius 3 is 2.53 bits per heavy atom. The third kappa shape index (κ3) is 3.92. The molecular weight excluding hydrogens is 359 g/mol. The van der Waals surface area contributed by atoms with Crippen LogP contribution in [0.3, 0.4) is 0 Å². The summed E-state index contributed by atoms with van der Waals surface area (Å²) in [6.45, 7) is 4.00. The molecule has 0 radical (unpaired) electrons. The fourth-order valence-electron chi connectivity index (χ4n) is 1.77. The lowest BCUT2D eigenvalue weighted by Gasteiger charge is -2.11. The van der Waals surface area contributed by atoms with Gasteiger partial charge in [0.15, 0.2) is 0 Å². The minimum absolute atomic E-state index is 0.0488. The maximum Gasteiger partial charge on any atom is 0.339 e. The number of esters is 1. The third-order valence-corrected chi connectivity index (χ3v) is 3.96. The van der Waals surface area contributed by atoms with Gasteiger partial charge in [0.05, 0.1) is 17.7 Å². The van der Waals surface area contributed by atoms with Crippen molar-refractivity contribution < 1.29 is 19.4 Å². The molecule has 0 aliphatic carbocycles. The Balaban J connectivity index is 3.23. The van der Waals surface area contributed by atoms with Crippen LogP contribution in [-0.2, 0) is 11.2 Å². The molecule has 1 aromatic carbocycles. The van der Waals surface area contributed by atoms with Gasteiger partial charge in [-0.1, -0.05) is 19.4 Å². The third-order valence-electron chi connectivity index (χ3n) is 2.73. The zero-order valence-electron chi connectivity index (χ0n) is 11.0. The van der Waals surface area contributed by atoms with E-state index in [1.165, 1.54) is 0 Å². The topological polar surface area (TPSA) is 63.6 Å². The van der Waals surface area contributed by atoms with Gasteiger partial charge in [0.1, 0.15) is 0 Å². The maximum absolute atomic E-state index is 11.8. The molecule has 0 aliphatic heterocycles. The molecule has 0 aliphatic rings. The SMILES string of the molecule is CCCCc1ccc(C(=O)OCC)c(C(=O)O)c1I. The summed E-state index contributed by atoms with van der Waals surface area (Å²) in [7, 11) is 0. The second kappa shape index (κ2) is 7.47. The van der Waals surface area contributed by atoms with E-state index in [1.54, 1.807) is 13.0 Å². The number of halogens is 1. The number of rotatable bonds is 6. The highest BCUT2D eigenvalue weighted by Gasteiger charge is 2.22. The molecular formula is C14H17IO4. The Kier molecular flexibility index (Phi) is 6.27. The van der Waals surface area contributed by atoms with Gasteiger partial charge in [-0.05, 0) is 54.0 Å². The average molecular weight is 376 g/mol. The largest absolute Gasteiger partial charge is 0.478 e. The Morgan fingerprint density at radius 2 is 2.00 bits per heavy atom. The van der Waals surface area contributed by atoms with Crippen LogP contribution < -0.4 is 0 Å². The lowest BCUT2D eigenvalue weighted by molar-refractivity contribution is 0.0514. The molecule has 0 unspecified atom stereocenters. The van der Waals surface area contributed by atoms with Crippen LogP contribution in [0, 0.1) is 3.57 Å². The van der Waals surface area contributed by atoms with Crippen LogP contribution in [0.1, 0.15) is 53.0 Å². The maximum atomic E-state index is 11.8. The lowest BCUT2D eigenvalue weighted by Crippen LogP contribution is -2.14. The van der Waals surface area contributed by atoms with Crippen LogP contribution in [0.15, 0.2) is 12.1 Å². The molecule has 0 saturated carbocycles. The minimum atomic E-state index is -1.09. The van der Waals surface area contributed by atoms with Gasteiger partial charge >= 0.3 is 11.9 Å². The molecule has 0 aromatic heterocycles. The molecule has 1 N–H and O–H groups in total. The number of carbonyl (C=O) groups excluding carboxylic acids is 1. The zero-order valence-corrected chi connectivity index (χ0v) is 13.2. The number of carbonyl (C=O) groups is 2. The van der Waals surface area contributed by atoms with Gasteiger partial charge < -0.3 is 9.84 Å². The van der Waals surface area contributed by atoms with E-state index in [0.717, 1.165) is 24.8 Å². The summed E-state index contributed by atoms with van der Waals surface area (Å²) >= 11 is 1.99. The number of ether oxygens (including phenoxy) is 1. The van der Waals surface area contributed by atoms with E-state index in [1.807, 2.05) is 28.7 Å². The average Bonchev–Trinajstić information content (AvgIpc) is 2.36. The van der Waals surface area contributed by atoms with E-state index in [2.05, 4.69) is 6.92 Å². The van der Waals surface area contributed by atoms with Gasteiger partial charge in [-0.15, -0.1) is 0 Å². The number of benzene rings is 1. The lowest BCUT2D eigenvalue weighted by atomic mass is 10.0. The Hall–Kier alpha value is -1.11. The predicted molar refractivity (Wildman–Crippen MR) is 80.7 cm³/mol. The molecule has 0 heterocycles. The fourth-order valence-corrected chi connectivity index (χ4v) is 2.74. The van der Waals surface area contributed by atoms with Crippen molar-refractivity contribution in [1.82, 2.24) is 0 Å². The summed E-state index contributed by atoms with van der Waals surface area (Å²) in [5, 5.41) is 9.30. The number of hydrogen-bond acceptors (Lipinski definition) is 3. The molecule has 1 rings (SSSR count). The monoisotopic (exact) mass is 376 g/mol. The van der Waals surface area contributed by atoms with Gasteiger partial charge in [-0.2, -0.15) is 0 Å². The van der Waals surface area contributed by atoms with Crippen molar-refractivity contribution in [3.8, 4) is 0 Å². The van der Waals surface area contributed by atoms with Crippen LogP contribution in [0.25, 0.3) is 0 Å². The van der Waals surface area contributed by atoms with Crippen molar-refractivity contribution in [3.63, 3.8) is 0 Å². The van der Waals surface area contributed by atoms with Crippen LogP contribution in [0.5, 0.6) is 0 Å². The molecule has 0 atom stereocenters.